The predicted molar refractivity (Wildman–Crippen MR) is 118 cm³/mol. The van der Waals surface area contributed by atoms with Crippen molar-refractivity contribution in [1.82, 2.24) is 4.90 Å². The molecule has 27 heavy (non-hydrogen) atoms. The van der Waals surface area contributed by atoms with Crippen LogP contribution in [0.5, 0.6) is 0 Å². The Balaban J connectivity index is 1.39. The number of benzene rings is 1. The monoisotopic (exact) mass is 393 g/mol. The zero-order chi connectivity index (χ0) is 18.1. The first-order chi connectivity index (χ1) is 13.4. The summed E-state index contributed by atoms with van der Waals surface area (Å²) in [6.45, 7) is 5.07. The minimum atomic E-state index is 0.705. The summed E-state index contributed by atoms with van der Waals surface area (Å²) in [5.41, 5.74) is 1.30. The van der Waals surface area contributed by atoms with Gasteiger partial charge in [0.05, 0.1) is 13.2 Å². The van der Waals surface area contributed by atoms with Crippen molar-refractivity contribution in [2.75, 3.05) is 32.8 Å². The molecule has 0 unspecified atom stereocenters. The van der Waals surface area contributed by atoms with Gasteiger partial charge in [0.15, 0.2) is 0 Å². The van der Waals surface area contributed by atoms with E-state index >= 15 is 0 Å². The minimum Gasteiger partial charge on any atom is -0.375 e. The van der Waals surface area contributed by atoms with Gasteiger partial charge in [0.2, 0.25) is 0 Å². The molecule has 1 fully saturated rings. The number of nitrogens with zero attached hydrogens (tertiary/aromatic N) is 1. The van der Waals surface area contributed by atoms with Gasteiger partial charge in [0.25, 0.3) is 0 Å². The zero-order valence-electron chi connectivity index (χ0n) is 15.3. The Labute approximate surface area is 168 Å². The molecule has 1 aromatic carbocycles. The first-order valence-electron chi connectivity index (χ1n) is 9.68. The van der Waals surface area contributed by atoms with Crippen LogP contribution in [0, 0.1) is 0 Å². The molecule has 0 spiro atoms. The lowest BCUT2D eigenvalue weighted by Gasteiger charge is -2.17. The SMILES string of the molecule is C1=CC2=CC=C(COCCN3CCCC3)SC2=c2c(sc3ccccc23)=C1. The van der Waals surface area contributed by atoms with Gasteiger partial charge in [-0.05, 0) is 49.7 Å². The van der Waals surface area contributed by atoms with Crippen LogP contribution in [0.1, 0.15) is 12.8 Å². The molecule has 0 bridgehead atoms. The fourth-order valence-corrected chi connectivity index (χ4v) is 6.22. The lowest BCUT2D eigenvalue weighted by atomic mass is 10.1. The first-order valence-corrected chi connectivity index (χ1v) is 11.3. The van der Waals surface area contributed by atoms with Gasteiger partial charge >= 0.3 is 0 Å². The predicted octanol–water partition coefficient (Wildman–Crippen LogP) is 4.03. The Morgan fingerprint density at radius 1 is 1.04 bits per heavy atom. The first kappa shape index (κ1) is 17.5. The maximum Gasteiger partial charge on any atom is 0.0779 e. The Kier molecular flexibility index (Phi) is 5.06. The van der Waals surface area contributed by atoms with Crippen molar-refractivity contribution in [3.63, 3.8) is 0 Å². The average molecular weight is 394 g/mol. The number of allylic oxidation sites excluding steroid dienone is 4. The van der Waals surface area contributed by atoms with Crippen molar-refractivity contribution in [1.29, 1.82) is 0 Å². The van der Waals surface area contributed by atoms with Crippen molar-refractivity contribution in [3.05, 3.63) is 68.8 Å². The van der Waals surface area contributed by atoms with Crippen molar-refractivity contribution < 1.29 is 4.74 Å². The second-order valence-electron chi connectivity index (χ2n) is 7.15. The van der Waals surface area contributed by atoms with Gasteiger partial charge in [-0.3, -0.25) is 0 Å². The number of ether oxygens (including phenoxy) is 1. The van der Waals surface area contributed by atoms with E-state index in [1.807, 2.05) is 23.1 Å². The second kappa shape index (κ2) is 7.80. The Hall–Kier alpha value is -1.59. The molecule has 1 aliphatic carbocycles. The van der Waals surface area contributed by atoms with Crippen molar-refractivity contribution in [2.24, 2.45) is 0 Å². The minimum absolute atomic E-state index is 0.705. The smallest absolute Gasteiger partial charge is 0.0779 e. The summed E-state index contributed by atoms with van der Waals surface area (Å²) >= 11 is 3.76. The van der Waals surface area contributed by atoms with Crippen LogP contribution in [-0.2, 0) is 4.74 Å². The largest absolute Gasteiger partial charge is 0.375 e. The molecule has 0 saturated carbocycles. The van der Waals surface area contributed by atoms with Crippen molar-refractivity contribution in [2.45, 2.75) is 12.8 Å². The summed E-state index contributed by atoms with van der Waals surface area (Å²) in [5.74, 6) is 0. The molecule has 4 heteroatoms. The molecule has 5 rings (SSSR count). The molecule has 2 nitrogen and oxygen atoms in total. The molecule has 0 N–H and O–H groups in total. The molecule has 2 aromatic rings. The van der Waals surface area contributed by atoms with Crippen LogP contribution in [0.25, 0.3) is 21.1 Å². The van der Waals surface area contributed by atoms with E-state index < -0.39 is 0 Å². The van der Waals surface area contributed by atoms with Crippen LogP contribution in [-0.4, -0.2) is 37.7 Å². The molecule has 1 aromatic heterocycles. The van der Waals surface area contributed by atoms with Crippen molar-refractivity contribution >= 4 is 44.2 Å². The second-order valence-corrected chi connectivity index (χ2v) is 9.37. The van der Waals surface area contributed by atoms with E-state index in [9.17, 15) is 0 Å². The molecule has 138 valence electrons. The van der Waals surface area contributed by atoms with Gasteiger partial charge < -0.3 is 9.64 Å². The highest BCUT2D eigenvalue weighted by atomic mass is 32.2. The Morgan fingerprint density at radius 3 is 2.85 bits per heavy atom. The molecule has 1 saturated heterocycles. The van der Waals surface area contributed by atoms with Gasteiger partial charge in [-0.2, -0.15) is 0 Å². The summed E-state index contributed by atoms with van der Waals surface area (Å²) in [4.78, 5) is 5.17. The number of hydrogen-bond acceptors (Lipinski definition) is 4. The summed E-state index contributed by atoms with van der Waals surface area (Å²) < 4.78 is 8.72. The Morgan fingerprint density at radius 2 is 1.93 bits per heavy atom. The maximum atomic E-state index is 6.01. The molecule has 2 aliphatic heterocycles. The fourth-order valence-electron chi connectivity index (χ4n) is 3.91. The third kappa shape index (κ3) is 3.59. The highest BCUT2D eigenvalue weighted by Gasteiger charge is 2.17. The van der Waals surface area contributed by atoms with Gasteiger partial charge in [0, 0.05) is 36.2 Å². The molecular weight excluding hydrogens is 370 g/mol. The number of rotatable bonds is 5. The van der Waals surface area contributed by atoms with Gasteiger partial charge in [-0.25, -0.2) is 0 Å². The quantitative estimate of drug-likeness (QED) is 0.712. The van der Waals surface area contributed by atoms with Crippen molar-refractivity contribution in [3.8, 4) is 0 Å². The molecule has 3 heterocycles. The number of thioether (sulfide) groups is 1. The molecule has 3 aliphatic rings. The summed E-state index contributed by atoms with van der Waals surface area (Å²) in [7, 11) is 0. The normalized spacial score (nSPS) is 19.3. The average Bonchev–Trinajstić information content (AvgIpc) is 3.30. The number of hydrogen-bond donors (Lipinski definition) is 0. The number of thiophene rings is 1. The van der Waals surface area contributed by atoms with Crippen LogP contribution >= 0.6 is 23.1 Å². The van der Waals surface area contributed by atoms with Crippen LogP contribution in [0.4, 0.5) is 0 Å². The standard InChI is InChI=1S/C23H23NOS2/c1-2-8-20-19(7-1)22-21(27-20)9-5-6-17-10-11-18(26-23(17)22)16-25-15-14-24-12-3-4-13-24/h1-2,5-11H,3-4,12-16H2. The van der Waals surface area contributed by atoms with E-state index in [-0.39, 0.29) is 0 Å². The van der Waals surface area contributed by atoms with E-state index in [1.54, 1.807) is 0 Å². The molecule has 0 atom stereocenters. The zero-order valence-corrected chi connectivity index (χ0v) is 17.0. The van der Waals surface area contributed by atoms with Crippen LogP contribution in [0.3, 0.4) is 0 Å². The highest BCUT2D eigenvalue weighted by molar-refractivity contribution is 8.11. The van der Waals surface area contributed by atoms with Gasteiger partial charge in [-0.15, -0.1) is 11.3 Å². The van der Waals surface area contributed by atoms with E-state index in [4.69, 9.17) is 4.74 Å². The van der Waals surface area contributed by atoms with E-state index in [0.717, 1.165) is 13.2 Å². The Bertz CT molecular complexity index is 1070. The van der Waals surface area contributed by atoms with E-state index in [1.165, 1.54) is 61.2 Å². The lowest BCUT2D eigenvalue weighted by molar-refractivity contribution is 0.132. The summed E-state index contributed by atoms with van der Waals surface area (Å²) in [6.07, 6.45) is 13.8. The van der Waals surface area contributed by atoms with Gasteiger partial charge in [-0.1, -0.05) is 48.2 Å². The molecule has 0 radical (unpaired) electrons. The van der Waals surface area contributed by atoms with Crippen LogP contribution in [0.2, 0.25) is 0 Å². The van der Waals surface area contributed by atoms with E-state index in [2.05, 4.69) is 59.5 Å². The summed E-state index contributed by atoms with van der Waals surface area (Å²) in [6, 6.07) is 8.74. The molecular formula is C23H23NOS2. The maximum absolute atomic E-state index is 6.01. The number of likely N-dealkylation sites (tertiary alicyclic amines) is 1. The van der Waals surface area contributed by atoms with Gasteiger partial charge in [0.1, 0.15) is 0 Å². The third-order valence-electron chi connectivity index (χ3n) is 5.31. The molecule has 0 amide bonds. The summed E-state index contributed by atoms with van der Waals surface area (Å²) in [5, 5.41) is 2.75. The topological polar surface area (TPSA) is 12.5 Å². The lowest BCUT2D eigenvalue weighted by Crippen LogP contribution is -2.24. The van der Waals surface area contributed by atoms with Crippen LogP contribution in [0.15, 0.2) is 59.0 Å². The van der Waals surface area contributed by atoms with E-state index in [0.29, 0.717) is 6.61 Å². The fraction of sp³-hybridized carbons (Fsp3) is 0.304. The number of fused-ring (bicyclic) bond motifs is 4. The van der Waals surface area contributed by atoms with Crippen LogP contribution < -0.4 is 9.75 Å². The highest BCUT2D eigenvalue weighted by Crippen LogP contribution is 2.37. The third-order valence-corrected chi connectivity index (χ3v) is 7.61.